The normalized spacial score (nSPS) is 15.7. The molecule has 0 unspecified atom stereocenters. The van der Waals surface area contributed by atoms with Crippen molar-refractivity contribution in [3.63, 3.8) is 0 Å². The monoisotopic (exact) mass is 317 g/mol. The minimum absolute atomic E-state index is 0.210. The number of aryl methyl sites for hydroxylation is 1. The average Bonchev–Trinajstić information content (AvgIpc) is 2.56. The fraction of sp³-hybridized carbons (Fsp3) is 0.529. The van der Waals surface area contributed by atoms with Crippen LogP contribution in [0.15, 0.2) is 18.3 Å². The lowest BCUT2D eigenvalue weighted by atomic mass is 10.1. The molecule has 2 aromatic rings. The summed E-state index contributed by atoms with van der Waals surface area (Å²) in [6, 6.07) is 3.90. The molecule has 0 bridgehead atoms. The van der Waals surface area contributed by atoms with E-state index in [0.29, 0.717) is 13.2 Å². The van der Waals surface area contributed by atoms with Crippen molar-refractivity contribution in [3.8, 4) is 11.5 Å². The van der Waals surface area contributed by atoms with Crippen LogP contribution in [0, 0.1) is 6.92 Å². The molecule has 1 saturated heterocycles. The van der Waals surface area contributed by atoms with Gasteiger partial charge in [0.15, 0.2) is 11.5 Å². The van der Waals surface area contributed by atoms with Gasteiger partial charge in [-0.2, -0.15) is 0 Å². The van der Waals surface area contributed by atoms with Gasteiger partial charge >= 0.3 is 0 Å². The van der Waals surface area contributed by atoms with Crippen LogP contribution in [0.5, 0.6) is 11.5 Å². The Morgan fingerprint density at radius 1 is 1.17 bits per heavy atom. The van der Waals surface area contributed by atoms with E-state index in [2.05, 4.69) is 15.3 Å². The Bertz CT molecular complexity index is 657. The van der Waals surface area contributed by atoms with E-state index in [0.717, 1.165) is 54.2 Å². The number of rotatable bonds is 6. The zero-order valence-corrected chi connectivity index (χ0v) is 13.7. The highest BCUT2D eigenvalue weighted by Crippen LogP contribution is 2.33. The molecule has 6 nitrogen and oxygen atoms in total. The summed E-state index contributed by atoms with van der Waals surface area (Å²) in [6.45, 7) is 4.88. The largest absolute Gasteiger partial charge is 0.487 e. The lowest BCUT2D eigenvalue weighted by Gasteiger charge is -2.25. The van der Waals surface area contributed by atoms with Crippen LogP contribution in [-0.4, -0.2) is 49.5 Å². The summed E-state index contributed by atoms with van der Waals surface area (Å²) in [5.74, 6) is 2.22. The maximum atomic E-state index is 6.20. The first-order valence-electron chi connectivity index (χ1n) is 8.03. The van der Waals surface area contributed by atoms with Crippen LogP contribution in [0.25, 0.3) is 10.9 Å². The smallest absolute Gasteiger partial charge is 0.163 e. The second kappa shape index (κ2) is 7.57. The minimum atomic E-state index is 0.210. The Balaban J connectivity index is 1.88. The first kappa shape index (κ1) is 16.0. The van der Waals surface area contributed by atoms with Crippen molar-refractivity contribution in [2.75, 3.05) is 33.4 Å². The van der Waals surface area contributed by atoms with Crippen molar-refractivity contribution < 1.29 is 14.2 Å². The van der Waals surface area contributed by atoms with E-state index in [9.17, 15) is 0 Å². The van der Waals surface area contributed by atoms with Crippen molar-refractivity contribution >= 4 is 10.9 Å². The molecule has 0 amide bonds. The molecule has 124 valence electrons. The highest BCUT2D eigenvalue weighted by atomic mass is 16.5. The fourth-order valence-corrected chi connectivity index (χ4v) is 2.66. The lowest BCUT2D eigenvalue weighted by Crippen LogP contribution is -2.34. The summed E-state index contributed by atoms with van der Waals surface area (Å²) in [7, 11) is 1.66. The summed E-state index contributed by atoms with van der Waals surface area (Å²) in [6.07, 6.45) is 4.02. The SMILES string of the molecule is COCCOc1cc2cnc(C)nc2cc1OC1CCNCC1. The van der Waals surface area contributed by atoms with Crippen LogP contribution in [0.3, 0.4) is 0 Å². The van der Waals surface area contributed by atoms with Crippen LogP contribution >= 0.6 is 0 Å². The first-order valence-corrected chi connectivity index (χ1v) is 8.03. The van der Waals surface area contributed by atoms with E-state index < -0.39 is 0 Å². The zero-order valence-electron chi connectivity index (χ0n) is 13.7. The van der Waals surface area contributed by atoms with Crippen LogP contribution in [0.2, 0.25) is 0 Å². The molecular formula is C17H23N3O3. The summed E-state index contributed by atoms with van der Waals surface area (Å²) in [5.41, 5.74) is 0.875. The molecule has 0 aliphatic carbocycles. The number of fused-ring (bicyclic) bond motifs is 1. The lowest BCUT2D eigenvalue weighted by molar-refractivity contribution is 0.132. The molecule has 23 heavy (non-hydrogen) atoms. The molecule has 0 saturated carbocycles. The van der Waals surface area contributed by atoms with Gasteiger partial charge in [-0.3, -0.25) is 0 Å². The molecule has 1 aromatic carbocycles. The van der Waals surface area contributed by atoms with Crippen molar-refractivity contribution in [1.29, 1.82) is 0 Å². The summed E-state index contributed by atoms with van der Waals surface area (Å²) >= 11 is 0. The van der Waals surface area contributed by atoms with Gasteiger partial charge in [-0.25, -0.2) is 9.97 Å². The average molecular weight is 317 g/mol. The Morgan fingerprint density at radius 2 is 2.00 bits per heavy atom. The third kappa shape index (κ3) is 4.09. The summed E-state index contributed by atoms with van der Waals surface area (Å²) in [4.78, 5) is 8.73. The summed E-state index contributed by atoms with van der Waals surface area (Å²) < 4.78 is 17.1. The van der Waals surface area contributed by atoms with Crippen molar-refractivity contribution in [2.45, 2.75) is 25.9 Å². The van der Waals surface area contributed by atoms with Gasteiger partial charge in [-0.05, 0) is 38.9 Å². The molecule has 1 fully saturated rings. The quantitative estimate of drug-likeness (QED) is 0.823. The summed E-state index contributed by atoms with van der Waals surface area (Å²) in [5, 5.41) is 4.29. The van der Waals surface area contributed by atoms with Crippen LogP contribution in [-0.2, 0) is 4.74 Å². The molecule has 0 spiro atoms. The van der Waals surface area contributed by atoms with Crippen LogP contribution < -0.4 is 14.8 Å². The number of nitrogens with one attached hydrogen (secondary N) is 1. The van der Waals surface area contributed by atoms with Gasteiger partial charge in [0.05, 0.1) is 12.1 Å². The Kier molecular flexibility index (Phi) is 5.25. The van der Waals surface area contributed by atoms with Gasteiger partial charge in [-0.1, -0.05) is 0 Å². The number of hydrogen-bond donors (Lipinski definition) is 1. The molecule has 1 N–H and O–H groups in total. The Hall–Kier alpha value is -1.92. The first-order chi connectivity index (χ1) is 11.3. The Labute approximate surface area is 136 Å². The van der Waals surface area contributed by atoms with Crippen LogP contribution in [0.4, 0.5) is 0 Å². The number of methoxy groups -OCH3 is 1. The van der Waals surface area contributed by atoms with Gasteiger partial charge in [0.25, 0.3) is 0 Å². The number of piperidine rings is 1. The fourth-order valence-electron chi connectivity index (χ4n) is 2.66. The second-order valence-corrected chi connectivity index (χ2v) is 5.68. The molecule has 1 aliphatic heterocycles. The molecule has 1 aromatic heterocycles. The van der Waals surface area contributed by atoms with Crippen molar-refractivity contribution in [1.82, 2.24) is 15.3 Å². The minimum Gasteiger partial charge on any atom is -0.487 e. The van der Waals surface area contributed by atoms with Crippen molar-refractivity contribution in [2.24, 2.45) is 0 Å². The van der Waals surface area contributed by atoms with Gasteiger partial charge < -0.3 is 19.5 Å². The molecule has 0 radical (unpaired) electrons. The van der Waals surface area contributed by atoms with Crippen LogP contribution in [0.1, 0.15) is 18.7 Å². The number of nitrogens with zero attached hydrogens (tertiary/aromatic N) is 2. The van der Waals surface area contributed by atoms with E-state index in [1.165, 1.54) is 0 Å². The molecule has 0 atom stereocenters. The van der Waals surface area contributed by atoms with E-state index in [1.54, 1.807) is 7.11 Å². The van der Waals surface area contributed by atoms with E-state index >= 15 is 0 Å². The molecular weight excluding hydrogens is 294 g/mol. The van der Waals surface area contributed by atoms with Gasteiger partial charge in [-0.15, -0.1) is 0 Å². The predicted octanol–water partition coefficient (Wildman–Crippen LogP) is 2.09. The van der Waals surface area contributed by atoms with E-state index in [4.69, 9.17) is 14.2 Å². The molecule has 2 heterocycles. The number of aromatic nitrogens is 2. The van der Waals surface area contributed by atoms with Gasteiger partial charge in [0.1, 0.15) is 18.5 Å². The van der Waals surface area contributed by atoms with E-state index in [-0.39, 0.29) is 6.10 Å². The molecule has 1 aliphatic rings. The number of benzene rings is 1. The maximum Gasteiger partial charge on any atom is 0.163 e. The van der Waals surface area contributed by atoms with Gasteiger partial charge in [0, 0.05) is 24.8 Å². The van der Waals surface area contributed by atoms with Crippen molar-refractivity contribution in [3.05, 3.63) is 24.2 Å². The highest BCUT2D eigenvalue weighted by Gasteiger charge is 2.18. The van der Waals surface area contributed by atoms with E-state index in [1.807, 2.05) is 25.3 Å². The number of hydrogen-bond acceptors (Lipinski definition) is 6. The second-order valence-electron chi connectivity index (χ2n) is 5.68. The number of ether oxygens (including phenoxy) is 3. The maximum absolute atomic E-state index is 6.20. The standard InChI is InChI=1S/C17H23N3O3/c1-12-19-11-13-9-16(22-8-7-21-2)17(10-15(13)20-12)23-14-3-5-18-6-4-14/h9-11,14,18H,3-8H2,1-2H3. The van der Waals surface area contributed by atoms with Gasteiger partial charge in [0.2, 0.25) is 0 Å². The topological polar surface area (TPSA) is 65.5 Å². The Morgan fingerprint density at radius 3 is 2.78 bits per heavy atom. The zero-order chi connectivity index (χ0) is 16.1. The third-order valence-electron chi connectivity index (χ3n) is 3.89. The molecule has 3 rings (SSSR count). The predicted molar refractivity (Wildman–Crippen MR) is 88.2 cm³/mol. The third-order valence-corrected chi connectivity index (χ3v) is 3.89. The highest BCUT2D eigenvalue weighted by molar-refractivity contribution is 5.81. The molecule has 6 heteroatoms.